The molecule has 0 bridgehead atoms. The average molecular weight is 305 g/mol. The lowest BCUT2D eigenvalue weighted by Gasteiger charge is -2.20. The molecule has 1 aromatic rings. The summed E-state index contributed by atoms with van der Waals surface area (Å²) >= 11 is 5.40. The molecule has 0 saturated heterocycles. The summed E-state index contributed by atoms with van der Waals surface area (Å²) in [5, 5.41) is 3.48. The monoisotopic (exact) mass is 304 g/mol. The van der Waals surface area contributed by atoms with Crippen molar-refractivity contribution >= 4 is 27.3 Å². The number of aryl methyl sites for hydroxylation is 1. The van der Waals surface area contributed by atoms with Gasteiger partial charge in [-0.25, -0.2) is 0 Å². The first-order chi connectivity index (χ1) is 7.50. The second-order valence-corrected chi connectivity index (χ2v) is 6.56. The van der Waals surface area contributed by atoms with Crippen LogP contribution in [-0.2, 0) is 6.54 Å². The van der Waals surface area contributed by atoms with E-state index < -0.39 is 0 Å². The predicted molar refractivity (Wildman–Crippen MR) is 76.2 cm³/mol. The maximum Gasteiger partial charge on any atom is 0.0314 e. The lowest BCUT2D eigenvalue weighted by atomic mass is 10.3. The molecule has 0 atom stereocenters. The van der Waals surface area contributed by atoms with E-state index in [4.69, 9.17) is 0 Å². The molecule has 92 valence electrons. The van der Waals surface area contributed by atoms with Crippen molar-refractivity contribution in [1.29, 1.82) is 0 Å². The molecule has 0 unspecified atom stereocenters. The molecule has 0 aromatic carbocycles. The van der Waals surface area contributed by atoms with E-state index >= 15 is 0 Å². The minimum atomic E-state index is 0.625. The van der Waals surface area contributed by atoms with Crippen molar-refractivity contribution in [2.24, 2.45) is 0 Å². The molecule has 0 aliphatic rings. The molecule has 2 nitrogen and oxygen atoms in total. The quantitative estimate of drug-likeness (QED) is 0.812. The summed E-state index contributed by atoms with van der Waals surface area (Å²) in [6, 6.07) is 2.83. The Balaban J connectivity index is 2.21. The molecule has 0 fully saturated rings. The second kappa shape index (κ2) is 6.74. The summed E-state index contributed by atoms with van der Waals surface area (Å²) < 4.78 is 1.23. The highest BCUT2D eigenvalue weighted by Gasteiger charge is 2.04. The van der Waals surface area contributed by atoms with Crippen LogP contribution in [0.2, 0.25) is 0 Å². The molecule has 1 rings (SSSR count). The fourth-order valence-electron chi connectivity index (χ4n) is 1.33. The van der Waals surface area contributed by atoms with Crippen LogP contribution >= 0.6 is 27.3 Å². The van der Waals surface area contributed by atoms with Gasteiger partial charge in [-0.3, -0.25) is 0 Å². The highest BCUT2D eigenvalue weighted by atomic mass is 79.9. The number of rotatable bonds is 6. The van der Waals surface area contributed by atoms with Crippen LogP contribution in [0, 0.1) is 6.92 Å². The zero-order valence-corrected chi connectivity index (χ0v) is 12.9. The highest BCUT2D eigenvalue weighted by molar-refractivity contribution is 9.10. The van der Waals surface area contributed by atoms with Crippen LogP contribution in [0.4, 0.5) is 0 Å². The van der Waals surface area contributed by atoms with Crippen molar-refractivity contribution in [2.45, 2.75) is 33.4 Å². The number of nitrogens with zero attached hydrogens (tertiary/aromatic N) is 1. The molecule has 0 saturated carbocycles. The molecule has 0 spiro atoms. The maximum absolute atomic E-state index is 3.54. The Morgan fingerprint density at radius 1 is 1.50 bits per heavy atom. The van der Waals surface area contributed by atoms with Gasteiger partial charge in [-0.05, 0) is 49.8 Å². The van der Waals surface area contributed by atoms with Crippen molar-refractivity contribution in [3.63, 3.8) is 0 Å². The van der Waals surface area contributed by atoms with Crippen LogP contribution in [0.3, 0.4) is 0 Å². The Kier molecular flexibility index (Phi) is 5.97. The van der Waals surface area contributed by atoms with Gasteiger partial charge in [-0.2, -0.15) is 0 Å². The maximum atomic E-state index is 3.54. The summed E-state index contributed by atoms with van der Waals surface area (Å²) in [4.78, 5) is 5.11. The topological polar surface area (TPSA) is 15.3 Å². The lowest BCUT2D eigenvalue weighted by molar-refractivity contribution is 0.273. The molecule has 0 amide bonds. The van der Waals surface area contributed by atoms with Crippen LogP contribution in [-0.4, -0.2) is 31.1 Å². The lowest BCUT2D eigenvalue weighted by Crippen LogP contribution is -2.33. The van der Waals surface area contributed by atoms with Crippen LogP contribution < -0.4 is 5.32 Å². The third-order valence-corrected chi connectivity index (χ3v) is 4.87. The van der Waals surface area contributed by atoms with E-state index in [1.165, 1.54) is 14.2 Å². The third kappa shape index (κ3) is 4.53. The van der Waals surface area contributed by atoms with Gasteiger partial charge in [0.2, 0.25) is 0 Å². The number of hydrogen-bond acceptors (Lipinski definition) is 3. The molecule has 1 N–H and O–H groups in total. The first-order valence-electron chi connectivity index (χ1n) is 5.66. The van der Waals surface area contributed by atoms with Crippen LogP contribution in [0.25, 0.3) is 0 Å². The van der Waals surface area contributed by atoms with Gasteiger partial charge in [-0.1, -0.05) is 0 Å². The van der Waals surface area contributed by atoms with E-state index in [2.05, 4.69) is 60.0 Å². The first-order valence-corrected chi connectivity index (χ1v) is 7.27. The van der Waals surface area contributed by atoms with Gasteiger partial charge >= 0.3 is 0 Å². The van der Waals surface area contributed by atoms with Gasteiger partial charge in [0.05, 0.1) is 0 Å². The Labute approximate surface area is 111 Å². The summed E-state index contributed by atoms with van der Waals surface area (Å²) in [5.74, 6) is 0. The predicted octanol–water partition coefficient (Wildman–Crippen LogP) is 3.25. The molecule has 4 heteroatoms. The van der Waals surface area contributed by atoms with Gasteiger partial charge in [0, 0.05) is 39.9 Å². The number of thiophene rings is 1. The third-order valence-electron chi connectivity index (χ3n) is 2.73. The van der Waals surface area contributed by atoms with E-state index in [-0.39, 0.29) is 0 Å². The molecule has 1 heterocycles. The minimum Gasteiger partial charge on any atom is -0.311 e. The van der Waals surface area contributed by atoms with Crippen LogP contribution in [0.1, 0.15) is 23.6 Å². The van der Waals surface area contributed by atoms with Gasteiger partial charge in [0.25, 0.3) is 0 Å². The summed E-state index contributed by atoms with van der Waals surface area (Å²) in [6.07, 6.45) is 0. The average Bonchev–Trinajstić information content (AvgIpc) is 2.53. The van der Waals surface area contributed by atoms with E-state index in [9.17, 15) is 0 Å². The van der Waals surface area contributed by atoms with E-state index in [0.29, 0.717) is 6.04 Å². The summed E-state index contributed by atoms with van der Waals surface area (Å²) in [6.45, 7) is 9.71. The molecule has 0 aliphatic heterocycles. The molecule has 0 aliphatic carbocycles. The largest absolute Gasteiger partial charge is 0.311 e. The van der Waals surface area contributed by atoms with Gasteiger partial charge < -0.3 is 10.2 Å². The second-order valence-electron chi connectivity index (χ2n) is 4.37. The molecular weight excluding hydrogens is 284 g/mol. The van der Waals surface area contributed by atoms with Crippen molar-refractivity contribution in [3.05, 3.63) is 20.3 Å². The van der Waals surface area contributed by atoms with Crippen LogP contribution in [0.5, 0.6) is 0 Å². The highest BCUT2D eigenvalue weighted by Crippen LogP contribution is 2.25. The van der Waals surface area contributed by atoms with Crippen LogP contribution in [0.15, 0.2) is 10.5 Å². The van der Waals surface area contributed by atoms with Gasteiger partial charge in [0.15, 0.2) is 0 Å². The SMILES string of the molecule is Cc1sc(CNCCN(C)C(C)C)cc1Br. The van der Waals surface area contributed by atoms with E-state index in [1.54, 1.807) is 0 Å². The molecule has 0 radical (unpaired) electrons. The zero-order chi connectivity index (χ0) is 12.1. The van der Waals surface area contributed by atoms with Crippen molar-refractivity contribution in [2.75, 3.05) is 20.1 Å². The van der Waals surface area contributed by atoms with Gasteiger partial charge in [0.1, 0.15) is 0 Å². The summed E-state index contributed by atoms with van der Waals surface area (Å²) in [7, 11) is 2.16. The van der Waals surface area contributed by atoms with Gasteiger partial charge in [-0.15, -0.1) is 11.3 Å². The Morgan fingerprint density at radius 2 is 2.19 bits per heavy atom. The first kappa shape index (κ1) is 14.2. The molecule has 1 aromatic heterocycles. The van der Waals surface area contributed by atoms with Crippen molar-refractivity contribution in [1.82, 2.24) is 10.2 Å². The van der Waals surface area contributed by atoms with E-state index in [0.717, 1.165) is 19.6 Å². The fourth-order valence-corrected chi connectivity index (χ4v) is 2.90. The number of halogens is 1. The Morgan fingerprint density at radius 3 is 2.69 bits per heavy atom. The van der Waals surface area contributed by atoms with Crippen molar-refractivity contribution in [3.8, 4) is 0 Å². The normalized spacial score (nSPS) is 11.7. The Hall–Kier alpha value is 0.100. The fraction of sp³-hybridized carbons (Fsp3) is 0.667. The van der Waals surface area contributed by atoms with E-state index in [1.807, 2.05) is 11.3 Å². The smallest absolute Gasteiger partial charge is 0.0314 e. The Bertz CT molecular complexity index is 303. The molecular formula is C12H21BrN2S. The summed E-state index contributed by atoms with van der Waals surface area (Å²) in [5.41, 5.74) is 0. The number of nitrogens with one attached hydrogen (secondary N) is 1. The number of hydrogen-bond donors (Lipinski definition) is 1. The van der Waals surface area contributed by atoms with Crippen molar-refractivity contribution < 1.29 is 0 Å². The zero-order valence-electron chi connectivity index (χ0n) is 10.5. The standard InChI is InChI=1S/C12H21BrN2S/c1-9(2)15(4)6-5-14-8-11-7-12(13)10(3)16-11/h7,9,14H,5-6,8H2,1-4H3. The minimum absolute atomic E-state index is 0.625. The molecule has 16 heavy (non-hydrogen) atoms. The number of likely N-dealkylation sites (N-methyl/N-ethyl adjacent to an activating group) is 1.